The van der Waals surface area contributed by atoms with E-state index in [1.165, 1.54) is 51.3 Å². The highest BCUT2D eigenvalue weighted by Crippen LogP contribution is 2.58. The molecular weight excluding hydrogens is 360 g/mol. The fourth-order valence-electron chi connectivity index (χ4n) is 1.84. The molecule has 0 bridgehead atoms. The standard InChI is InChI=1S/C15H18F3N2O4P/c1-4-23-25(21,24-5-2)13(10-19)14(15(16,17)18)20-11-6-8-12(22-3)9-7-11/h6-9,20H,4-5H2,1-3H3/b14-13-. The highest BCUT2D eigenvalue weighted by Gasteiger charge is 2.44. The van der Waals surface area contributed by atoms with E-state index in [-0.39, 0.29) is 18.9 Å². The number of ether oxygens (including phenoxy) is 1. The molecule has 138 valence electrons. The van der Waals surface area contributed by atoms with Crippen molar-refractivity contribution in [2.75, 3.05) is 25.6 Å². The van der Waals surface area contributed by atoms with E-state index in [2.05, 4.69) is 5.32 Å². The summed E-state index contributed by atoms with van der Waals surface area (Å²) in [5.74, 6) is 0.442. The summed E-state index contributed by atoms with van der Waals surface area (Å²) < 4.78 is 67.7. The van der Waals surface area contributed by atoms with Gasteiger partial charge in [-0.1, -0.05) is 0 Å². The van der Waals surface area contributed by atoms with Gasteiger partial charge in [0.05, 0.1) is 20.3 Å². The SMILES string of the molecule is CCOP(=O)(OCC)/C(C#N)=C(\Nc1ccc(OC)cc1)C(F)(F)F. The number of rotatable bonds is 8. The largest absolute Gasteiger partial charge is 0.497 e. The Morgan fingerprint density at radius 2 is 1.72 bits per heavy atom. The zero-order valence-corrected chi connectivity index (χ0v) is 14.8. The third-order valence-electron chi connectivity index (χ3n) is 2.86. The van der Waals surface area contributed by atoms with Crippen molar-refractivity contribution < 1.29 is 31.5 Å². The van der Waals surface area contributed by atoms with Crippen LogP contribution in [0.15, 0.2) is 35.3 Å². The van der Waals surface area contributed by atoms with Crippen LogP contribution in [0.3, 0.4) is 0 Å². The zero-order valence-electron chi connectivity index (χ0n) is 13.9. The first-order valence-electron chi connectivity index (χ1n) is 7.24. The lowest BCUT2D eigenvalue weighted by atomic mass is 10.2. The third kappa shape index (κ3) is 5.49. The molecule has 6 nitrogen and oxygen atoms in total. The number of allylic oxidation sites excluding steroid dienone is 2. The smallest absolute Gasteiger partial charge is 0.432 e. The quantitative estimate of drug-likeness (QED) is 0.523. The van der Waals surface area contributed by atoms with Crippen LogP contribution < -0.4 is 10.1 Å². The normalized spacial score (nSPS) is 13.0. The summed E-state index contributed by atoms with van der Waals surface area (Å²) in [6, 6.07) is 6.85. The maximum atomic E-state index is 13.5. The van der Waals surface area contributed by atoms with Crippen LogP contribution in [-0.2, 0) is 13.6 Å². The van der Waals surface area contributed by atoms with E-state index in [0.29, 0.717) is 5.75 Å². The van der Waals surface area contributed by atoms with E-state index in [1.807, 2.05) is 0 Å². The summed E-state index contributed by atoms with van der Waals surface area (Å²) in [7, 11) is -3.01. The van der Waals surface area contributed by atoms with Gasteiger partial charge in [-0.25, -0.2) is 0 Å². The molecule has 0 spiro atoms. The van der Waals surface area contributed by atoms with Gasteiger partial charge < -0.3 is 19.1 Å². The van der Waals surface area contributed by atoms with Crippen LogP contribution in [0, 0.1) is 11.3 Å². The summed E-state index contributed by atoms with van der Waals surface area (Å²) in [5, 5.41) is 10.2. The molecular formula is C15H18F3N2O4P. The number of benzene rings is 1. The van der Waals surface area contributed by atoms with Crippen LogP contribution in [0.5, 0.6) is 5.75 Å². The van der Waals surface area contributed by atoms with Crippen molar-refractivity contribution in [2.24, 2.45) is 0 Å². The molecule has 0 aliphatic carbocycles. The topological polar surface area (TPSA) is 80.6 Å². The van der Waals surface area contributed by atoms with E-state index >= 15 is 0 Å². The van der Waals surface area contributed by atoms with Crippen molar-refractivity contribution in [2.45, 2.75) is 20.0 Å². The summed E-state index contributed by atoms with van der Waals surface area (Å²) in [6.45, 7) is 2.50. The maximum Gasteiger partial charge on any atom is 0.432 e. The molecule has 0 fully saturated rings. The molecule has 1 rings (SSSR count). The molecule has 0 atom stereocenters. The fraction of sp³-hybridized carbons (Fsp3) is 0.400. The molecule has 0 saturated heterocycles. The van der Waals surface area contributed by atoms with Gasteiger partial charge in [0, 0.05) is 5.69 Å². The van der Waals surface area contributed by atoms with Crippen molar-refractivity contribution in [1.82, 2.24) is 0 Å². The monoisotopic (exact) mass is 378 g/mol. The predicted octanol–water partition coefficient (Wildman–Crippen LogP) is 4.67. The molecule has 10 heteroatoms. The van der Waals surface area contributed by atoms with Gasteiger partial charge >= 0.3 is 13.8 Å². The highest BCUT2D eigenvalue weighted by molar-refractivity contribution is 7.59. The molecule has 1 aromatic rings. The van der Waals surface area contributed by atoms with E-state index in [1.54, 1.807) is 0 Å². The summed E-state index contributed by atoms with van der Waals surface area (Å²) in [5.41, 5.74) is -1.47. The van der Waals surface area contributed by atoms with Crippen LogP contribution >= 0.6 is 7.60 Å². The minimum atomic E-state index is -4.98. The van der Waals surface area contributed by atoms with Crippen LogP contribution in [0.1, 0.15) is 13.8 Å². The van der Waals surface area contributed by atoms with Crippen molar-refractivity contribution in [3.63, 3.8) is 0 Å². The fourth-order valence-corrected chi connectivity index (χ4v) is 3.43. The number of nitriles is 1. The molecule has 1 aromatic carbocycles. The van der Waals surface area contributed by atoms with Crippen molar-refractivity contribution >= 4 is 13.3 Å². The molecule has 0 radical (unpaired) electrons. The number of nitrogens with zero attached hydrogens (tertiary/aromatic N) is 1. The van der Waals surface area contributed by atoms with Crippen LogP contribution in [0.4, 0.5) is 18.9 Å². The molecule has 0 aromatic heterocycles. The van der Waals surface area contributed by atoms with Crippen molar-refractivity contribution in [3.05, 3.63) is 35.3 Å². The van der Waals surface area contributed by atoms with Crippen LogP contribution in [0.2, 0.25) is 0 Å². The van der Waals surface area contributed by atoms with Crippen LogP contribution in [0.25, 0.3) is 0 Å². The average Bonchev–Trinajstić information content (AvgIpc) is 2.54. The Morgan fingerprint density at radius 1 is 1.20 bits per heavy atom. The van der Waals surface area contributed by atoms with E-state index in [0.717, 1.165) is 0 Å². The molecule has 0 amide bonds. The van der Waals surface area contributed by atoms with Crippen molar-refractivity contribution in [1.29, 1.82) is 5.26 Å². The summed E-state index contributed by atoms with van der Waals surface area (Å²) in [4.78, 5) is 0. The molecule has 25 heavy (non-hydrogen) atoms. The zero-order chi connectivity index (χ0) is 19.1. The van der Waals surface area contributed by atoms with Gasteiger partial charge in [-0.3, -0.25) is 4.57 Å². The second-order valence-corrected chi connectivity index (χ2v) is 6.48. The first-order chi connectivity index (χ1) is 11.7. The lowest BCUT2D eigenvalue weighted by molar-refractivity contribution is -0.0906. The minimum absolute atomic E-state index is 0.0282. The van der Waals surface area contributed by atoms with Crippen LogP contribution in [-0.4, -0.2) is 26.5 Å². The Balaban J connectivity index is 3.44. The molecule has 0 saturated carbocycles. The number of methoxy groups -OCH3 is 1. The number of anilines is 1. The van der Waals surface area contributed by atoms with Gasteiger partial charge in [-0.05, 0) is 38.1 Å². The average molecular weight is 378 g/mol. The minimum Gasteiger partial charge on any atom is -0.497 e. The van der Waals surface area contributed by atoms with E-state index in [4.69, 9.17) is 13.8 Å². The molecule has 0 unspecified atom stereocenters. The predicted molar refractivity (Wildman–Crippen MR) is 86.2 cm³/mol. The van der Waals surface area contributed by atoms with Crippen molar-refractivity contribution in [3.8, 4) is 11.8 Å². The first-order valence-corrected chi connectivity index (χ1v) is 8.78. The first kappa shape index (κ1) is 21.0. The number of hydrogen-bond donors (Lipinski definition) is 1. The summed E-state index contributed by atoms with van der Waals surface area (Å²) in [6.07, 6.45) is -4.98. The number of halogens is 3. The Morgan fingerprint density at radius 3 is 2.08 bits per heavy atom. The van der Waals surface area contributed by atoms with Gasteiger partial charge in [0.2, 0.25) is 0 Å². The number of nitrogens with one attached hydrogen (secondary N) is 1. The lowest BCUT2D eigenvalue weighted by Gasteiger charge is -2.21. The van der Waals surface area contributed by atoms with Gasteiger partial charge in [-0.15, -0.1) is 0 Å². The molecule has 0 heterocycles. The Labute approximate surface area is 143 Å². The number of alkyl halides is 3. The molecule has 0 aliphatic rings. The second-order valence-electron chi connectivity index (χ2n) is 4.52. The summed E-state index contributed by atoms with van der Waals surface area (Å²) >= 11 is 0. The van der Waals surface area contributed by atoms with Gasteiger partial charge in [0.15, 0.2) is 5.31 Å². The molecule has 0 aliphatic heterocycles. The van der Waals surface area contributed by atoms with Gasteiger partial charge in [0.25, 0.3) is 0 Å². The van der Waals surface area contributed by atoms with Gasteiger partial charge in [-0.2, -0.15) is 18.4 Å². The highest BCUT2D eigenvalue weighted by atomic mass is 31.2. The molecule has 1 N–H and O–H groups in total. The number of hydrogen-bond acceptors (Lipinski definition) is 6. The Hall–Kier alpha value is -2.01. The van der Waals surface area contributed by atoms with E-state index in [9.17, 15) is 23.0 Å². The Bertz CT molecular complexity index is 686. The van der Waals surface area contributed by atoms with E-state index < -0.39 is 24.8 Å². The lowest BCUT2D eigenvalue weighted by Crippen LogP contribution is -2.22. The Kier molecular flexibility index (Phi) is 7.49. The second kappa shape index (κ2) is 8.90. The van der Waals surface area contributed by atoms with Gasteiger partial charge in [0.1, 0.15) is 17.5 Å². The maximum absolute atomic E-state index is 13.5. The third-order valence-corrected chi connectivity index (χ3v) is 4.93.